The van der Waals surface area contributed by atoms with Crippen molar-refractivity contribution in [1.29, 1.82) is 0 Å². The summed E-state index contributed by atoms with van der Waals surface area (Å²) in [6.45, 7) is 1.50. The van der Waals surface area contributed by atoms with Crippen molar-refractivity contribution in [3.05, 3.63) is 35.9 Å². The van der Waals surface area contributed by atoms with E-state index >= 15 is 0 Å². The minimum absolute atomic E-state index is 0.344. The first-order chi connectivity index (χ1) is 12.9. The van der Waals surface area contributed by atoms with Gasteiger partial charge >= 0.3 is 0 Å². The number of hydrogen-bond donors (Lipinski definition) is 4. The van der Waals surface area contributed by atoms with E-state index in [0.29, 0.717) is 19.3 Å². The second-order valence-electron chi connectivity index (χ2n) is 6.22. The number of carbonyl (C=O) groups excluding carboxylic acids is 4. The van der Waals surface area contributed by atoms with Gasteiger partial charge in [0.25, 0.3) is 5.91 Å². The molecule has 0 saturated heterocycles. The zero-order chi connectivity index (χ0) is 20.2. The van der Waals surface area contributed by atoms with E-state index in [9.17, 15) is 19.2 Å². The third-order valence-corrected chi connectivity index (χ3v) is 4.12. The number of primary amides is 1. The van der Waals surface area contributed by atoms with Gasteiger partial charge in [-0.2, -0.15) is 0 Å². The first-order valence-electron chi connectivity index (χ1n) is 9.00. The number of carbonyl (C=O) groups is 4. The van der Waals surface area contributed by atoms with Crippen LogP contribution < -0.4 is 21.7 Å². The number of amides is 3. The predicted molar refractivity (Wildman–Crippen MR) is 102 cm³/mol. The van der Waals surface area contributed by atoms with E-state index in [-0.39, 0.29) is 0 Å². The summed E-state index contributed by atoms with van der Waals surface area (Å²) >= 11 is 0. The van der Waals surface area contributed by atoms with Crippen LogP contribution >= 0.6 is 0 Å². The summed E-state index contributed by atoms with van der Waals surface area (Å²) in [5.74, 6) is -2.69. The number of aryl methyl sites for hydroxylation is 1. The average Bonchev–Trinajstić information content (AvgIpc) is 2.67. The van der Waals surface area contributed by atoms with Crippen LogP contribution in [0.4, 0.5) is 0 Å². The van der Waals surface area contributed by atoms with Gasteiger partial charge in [-0.15, -0.1) is 0 Å². The first-order valence-corrected chi connectivity index (χ1v) is 9.00. The number of ketones is 1. The van der Waals surface area contributed by atoms with Crippen molar-refractivity contribution in [2.45, 2.75) is 44.7 Å². The van der Waals surface area contributed by atoms with Crippen LogP contribution in [0.2, 0.25) is 0 Å². The summed E-state index contributed by atoms with van der Waals surface area (Å²) in [7, 11) is 1.60. The highest BCUT2D eigenvalue weighted by atomic mass is 16.2. The standard InChI is InChI=1S/C19H28N4O4/c1-3-7-14(21-2)17(25)19(27)22-12-16(24)23-15(18(20)26)11-10-13-8-5-4-6-9-13/h4-6,8-9,14-15,21H,3,7,10-12H2,1-2H3,(H2,20,26)(H,22,27)(H,23,24). The third kappa shape index (κ3) is 8.00. The van der Waals surface area contributed by atoms with Crippen LogP contribution in [0.25, 0.3) is 0 Å². The molecule has 3 amide bonds. The Hall–Kier alpha value is -2.74. The lowest BCUT2D eigenvalue weighted by molar-refractivity contribution is -0.139. The summed E-state index contributed by atoms with van der Waals surface area (Å²) in [6.07, 6.45) is 2.18. The Morgan fingerprint density at radius 2 is 1.70 bits per heavy atom. The number of Topliss-reactive ketones (excluding diaryl/α,β-unsaturated/α-hetero) is 1. The highest BCUT2D eigenvalue weighted by Crippen LogP contribution is 2.05. The van der Waals surface area contributed by atoms with Gasteiger partial charge in [0, 0.05) is 0 Å². The summed E-state index contributed by atoms with van der Waals surface area (Å²) in [6, 6.07) is 8.06. The summed E-state index contributed by atoms with van der Waals surface area (Å²) < 4.78 is 0. The molecule has 0 aromatic heterocycles. The van der Waals surface area contributed by atoms with Crippen LogP contribution in [-0.2, 0) is 25.6 Å². The minimum atomic E-state index is -0.851. The monoisotopic (exact) mass is 376 g/mol. The first kappa shape index (κ1) is 22.3. The van der Waals surface area contributed by atoms with Gasteiger partial charge in [0.05, 0.1) is 12.6 Å². The molecule has 2 unspecified atom stereocenters. The molecular weight excluding hydrogens is 348 g/mol. The molecular formula is C19H28N4O4. The van der Waals surface area contributed by atoms with E-state index in [0.717, 1.165) is 12.0 Å². The van der Waals surface area contributed by atoms with E-state index in [1.807, 2.05) is 37.3 Å². The Kier molecular flexibility index (Phi) is 9.74. The van der Waals surface area contributed by atoms with Crippen LogP contribution in [-0.4, -0.2) is 49.2 Å². The van der Waals surface area contributed by atoms with E-state index in [1.165, 1.54) is 0 Å². The van der Waals surface area contributed by atoms with Crippen molar-refractivity contribution in [1.82, 2.24) is 16.0 Å². The topological polar surface area (TPSA) is 130 Å². The molecule has 5 N–H and O–H groups in total. The molecule has 0 fully saturated rings. The van der Waals surface area contributed by atoms with Crippen LogP contribution in [0.1, 0.15) is 31.7 Å². The highest BCUT2D eigenvalue weighted by molar-refractivity contribution is 6.38. The van der Waals surface area contributed by atoms with E-state index in [2.05, 4.69) is 16.0 Å². The van der Waals surface area contributed by atoms with Gasteiger partial charge in [-0.05, 0) is 31.9 Å². The molecule has 27 heavy (non-hydrogen) atoms. The number of benzene rings is 1. The molecule has 8 heteroatoms. The van der Waals surface area contributed by atoms with Crippen molar-refractivity contribution in [3.63, 3.8) is 0 Å². The van der Waals surface area contributed by atoms with Crippen molar-refractivity contribution >= 4 is 23.5 Å². The molecule has 0 aliphatic carbocycles. The second kappa shape index (κ2) is 11.8. The number of hydrogen-bond acceptors (Lipinski definition) is 5. The van der Waals surface area contributed by atoms with Crippen LogP contribution in [0.15, 0.2) is 30.3 Å². The predicted octanol–water partition coefficient (Wildman–Crippen LogP) is -0.337. The van der Waals surface area contributed by atoms with Crippen molar-refractivity contribution in [3.8, 4) is 0 Å². The lowest BCUT2D eigenvalue weighted by atomic mass is 10.0. The summed E-state index contributed by atoms with van der Waals surface area (Å²) in [5.41, 5.74) is 6.36. The molecule has 2 atom stereocenters. The summed E-state index contributed by atoms with van der Waals surface area (Å²) in [5, 5.41) is 7.55. The fraction of sp³-hybridized carbons (Fsp3) is 0.474. The van der Waals surface area contributed by atoms with E-state index < -0.39 is 42.1 Å². The molecule has 0 spiro atoms. The van der Waals surface area contributed by atoms with Crippen molar-refractivity contribution in [2.75, 3.05) is 13.6 Å². The van der Waals surface area contributed by atoms with Gasteiger partial charge in [0.2, 0.25) is 17.6 Å². The Morgan fingerprint density at radius 3 is 2.26 bits per heavy atom. The molecule has 148 valence electrons. The fourth-order valence-electron chi connectivity index (χ4n) is 2.59. The molecule has 0 saturated carbocycles. The number of nitrogens with one attached hydrogen (secondary N) is 3. The molecule has 8 nitrogen and oxygen atoms in total. The molecule has 0 radical (unpaired) electrons. The molecule has 1 aromatic rings. The van der Waals surface area contributed by atoms with Gasteiger partial charge in [-0.25, -0.2) is 0 Å². The molecule has 0 bridgehead atoms. The molecule has 0 aliphatic heterocycles. The molecule has 0 heterocycles. The molecule has 0 aliphatic rings. The van der Waals surface area contributed by atoms with Crippen LogP contribution in [0, 0.1) is 0 Å². The van der Waals surface area contributed by atoms with E-state index in [1.54, 1.807) is 7.05 Å². The number of rotatable bonds is 12. The van der Waals surface area contributed by atoms with Crippen LogP contribution in [0.5, 0.6) is 0 Å². The Balaban J connectivity index is 2.48. The lowest BCUT2D eigenvalue weighted by Gasteiger charge is -2.16. The average molecular weight is 376 g/mol. The number of nitrogens with two attached hydrogens (primary N) is 1. The Labute approximate surface area is 159 Å². The van der Waals surface area contributed by atoms with Crippen molar-refractivity contribution in [2.24, 2.45) is 5.73 Å². The fourth-order valence-corrected chi connectivity index (χ4v) is 2.59. The maximum atomic E-state index is 12.0. The van der Waals surface area contributed by atoms with Crippen molar-refractivity contribution < 1.29 is 19.2 Å². The van der Waals surface area contributed by atoms with Gasteiger partial charge in [0.15, 0.2) is 0 Å². The zero-order valence-corrected chi connectivity index (χ0v) is 15.8. The quantitative estimate of drug-likeness (QED) is 0.371. The molecule has 1 aromatic carbocycles. The minimum Gasteiger partial charge on any atom is -0.368 e. The molecule has 1 rings (SSSR count). The number of likely N-dealkylation sites (N-methyl/N-ethyl adjacent to an activating group) is 1. The second-order valence-corrected chi connectivity index (χ2v) is 6.22. The zero-order valence-electron chi connectivity index (χ0n) is 15.8. The largest absolute Gasteiger partial charge is 0.368 e. The van der Waals surface area contributed by atoms with E-state index in [4.69, 9.17) is 5.73 Å². The van der Waals surface area contributed by atoms with Gasteiger partial charge in [-0.1, -0.05) is 43.7 Å². The SMILES string of the molecule is CCCC(NC)C(=O)C(=O)NCC(=O)NC(CCc1ccccc1)C(N)=O. The van der Waals surface area contributed by atoms with Crippen LogP contribution in [0.3, 0.4) is 0 Å². The summed E-state index contributed by atoms with van der Waals surface area (Å²) in [4.78, 5) is 47.4. The van der Waals surface area contributed by atoms with Gasteiger partial charge in [0.1, 0.15) is 6.04 Å². The van der Waals surface area contributed by atoms with Gasteiger partial charge in [-0.3, -0.25) is 19.2 Å². The third-order valence-electron chi connectivity index (χ3n) is 4.12. The maximum Gasteiger partial charge on any atom is 0.289 e. The Morgan fingerprint density at radius 1 is 1.04 bits per heavy atom. The highest BCUT2D eigenvalue weighted by Gasteiger charge is 2.24. The normalized spacial score (nSPS) is 12.7. The van der Waals surface area contributed by atoms with Gasteiger partial charge < -0.3 is 21.7 Å². The Bertz CT molecular complexity index is 648. The maximum absolute atomic E-state index is 12.0. The smallest absolute Gasteiger partial charge is 0.289 e. The lowest BCUT2D eigenvalue weighted by Crippen LogP contribution is -2.50.